The van der Waals surface area contributed by atoms with E-state index >= 15 is 0 Å². The summed E-state index contributed by atoms with van der Waals surface area (Å²) in [7, 11) is -1.82. The largest absolute Gasteiger partial charge is 0.495 e. The molecule has 4 nitrogen and oxygen atoms in total. The van der Waals surface area contributed by atoms with Gasteiger partial charge in [-0.25, -0.2) is 8.42 Å². The number of ether oxygens (including phenoxy) is 1. The standard InChI is InChI=1S/C17H21NO3S/c1-12-6-5-7-15(10-12)18-13(2)14-8-9-17(22(4,19)20)16(11-14)21-3/h5-11,13,18H,1-4H3/t13-/m1/s1. The number of methoxy groups -OCH3 is 1. The first-order valence-corrected chi connectivity index (χ1v) is 8.91. The lowest BCUT2D eigenvalue weighted by atomic mass is 10.1. The Labute approximate surface area is 132 Å². The van der Waals surface area contributed by atoms with Crippen LogP contribution in [-0.4, -0.2) is 21.8 Å². The van der Waals surface area contributed by atoms with Crippen LogP contribution in [0.15, 0.2) is 47.4 Å². The van der Waals surface area contributed by atoms with Crippen LogP contribution in [0.1, 0.15) is 24.1 Å². The topological polar surface area (TPSA) is 55.4 Å². The van der Waals surface area contributed by atoms with Crippen LogP contribution < -0.4 is 10.1 Å². The minimum Gasteiger partial charge on any atom is -0.495 e. The maximum Gasteiger partial charge on any atom is 0.179 e. The molecule has 118 valence electrons. The first kappa shape index (κ1) is 16.4. The summed E-state index contributed by atoms with van der Waals surface area (Å²) < 4.78 is 28.7. The summed E-state index contributed by atoms with van der Waals surface area (Å²) in [4.78, 5) is 0.210. The van der Waals surface area contributed by atoms with Gasteiger partial charge in [0.2, 0.25) is 0 Å². The number of sulfone groups is 1. The van der Waals surface area contributed by atoms with E-state index in [-0.39, 0.29) is 10.9 Å². The van der Waals surface area contributed by atoms with Crippen LogP contribution in [0.4, 0.5) is 5.69 Å². The molecule has 0 saturated carbocycles. The highest BCUT2D eigenvalue weighted by Crippen LogP contribution is 2.29. The second kappa shape index (κ2) is 6.40. The fraction of sp³-hybridized carbons (Fsp3) is 0.294. The zero-order chi connectivity index (χ0) is 16.3. The quantitative estimate of drug-likeness (QED) is 0.915. The number of hydrogen-bond acceptors (Lipinski definition) is 4. The third-order valence-electron chi connectivity index (χ3n) is 3.49. The molecule has 0 aliphatic carbocycles. The molecule has 0 spiro atoms. The number of aryl methyl sites for hydroxylation is 1. The van der Waals surface area contributed by atoms with E-state index < -0.39 is 9.84 Å². The highest BCUT2D eigenvalue weighted by molar-refractivity contribution is 7.90. The fourth-order valence-electron chi connectivity index (χ4n) is 2.33. The van der Waals surface area contributed by atoms with Gasteiger partial charge < -0.3 is 10.1 Å². The molecule has 0 saturated heterocycles. The van der Waals surface area contributed by atoms with Crippen molar-refractivity contribution in [2.75, 3.05) is 18.7 Å². The molecule has 0 amide bonds. The van der Waals surface area contributed by atoms with Gasteiger partial charge in [0.15, 0.2) is 9.84 Å². The van der Waals surface area contributed by atoms with Crippen molar-refractivity contribution in [3.8, 4) is 5.75 Å². The van der Waals surface area contributed by atoms with Gasteiger partial charge in [-0.2, -0.15) is 0 Å². The van der Waals surface area contributed by atoms with E-state index in [2.05, 4.69) is 11.4 Å². The first-order chi connectivity index (χ1) is 10.3. The molecule has 1 N–H and O–H groups in total. The molecule has 0 radical (unpaired) electrons. The highest BCUT2D eigenvalue weighted by atomic mass is 32.2. The van der Waals surface area contributed by atoms with Crippen LogP contribution in [0.3, 0.4) is 0 Å². The second-order valence-corrected chi connectivity index (χ2v) is 7.40. The van der Waals surface area contributed by atoms with E-state index in [0.717, 1.165) is 11.3 Å². The molecule has 2 aromatic carbocycles. The Morgan fingerprint density at radius 2 is 1.86 bits per heavy atom. The summed E-state index contributed by atoms with van der Waals surface area (Å²) in [6, 6.07) is 13.3. The Morgan fingerprint density at radius 3 is 2.45 bits per heavy atom. The molecule has 2 aromatic rings. The van der Waals surface area contributed by atoms with Crippen molar-refractivity contribution in [3.05, 3.63) is 53.6 Å². The van der Waals surface area contributed by atoms with Crippen molar-refractivity contribution in [2.45, 2.75) is 24.8 Å². The van der Waals surface area contributed by atoms with Crippen molar-refractivity contribution in [1.29, 1.82) is 0 Å². The minimum atomic E-state index is -3.30. The lowest BCUT2D eigenvalue weighted by molar-refractivity contribution is 0.402. The molecule has 22 heavy (non-hydrogen) atoms. The van der Waals surface area contributed by atoms with Gasteiger partial charge >= 0.3 is 0 Å². The van der Waals surface area contributed by atoms with E-state index in [0.29, 0.717) is 5.75 Å². The normalized spacial score (nSPS) is 12.7. The van der Waals surface area contributed by atoms with Crippen molar-refractivity contribution < 1.29 is 13.2 Å². The smallest absolute Gasteiger partial charge is 0.179 e. The van der Waals surface area contributed by atoms with Crippen LogP contribution in [-0.2, 0) is 9.84 Å². The van der Waals surface area contributed by atoms with Gasteiger partial charge in [-0.1, -0.05) is 18.2 Å². The molecule has 0 aromatic heterocycles. The van der Waals surface area contributed by atoms with E-state index in [9.17, 15) is 8.42 Å². The molecule has 5 heteroatoms. The molecular weight excluding hydrogens is 298 g/mol. The Bertz CT molecular complexity index is 769. The Hall–Kier alpha value is -2.01. The number of benzene rings is 2. The summed E-state index contributed by atoms with van der Waals surface area (Å²) in [5.41, 5.74) is 3.17. The van der Waals surface area contributed by atoms with Gasteiger partial charge in [-0.05, 0) is 49.2 Å². The predicted octanol–water partition coefficient (Wildman–Crippen LogP) is 3.58. The van der Waals surface area contributed by atoms with E-state index in [1.807, 2.05) is 38.1 Å². The number of nitrogens with one attached hydrogen (secondary N) is 1. The van der Waals surface area contributed by atoms with E-state index in [1.54, 1.807) is 12.1 Å². The molecular formula is C17H21NO3S. The molecule has 0 heterocycles. The summed E-state index contributed by atoms with van der Waals surface area (Å²) in [6.07, 6.45) is 1.18. The van der Waals surface area contributed by atoms with E-state index in [1.165, 1.54) is 18.9 Å². The zero-order valence-corrected chi connectivity index (χ0v) is 14.1. The van der Waals surface area contributed by atoms with Crippen LogP contribution in [0.25, 0.3) is 0 Å². The average Bonchev–Trinajstić information content (AvgIpc) is 2.45. The molecule has 2 rings (SSSR count). The lowest BCUT2D eigenvalue weighted by Crippen LogP contribution is -2.08. The zero-order valence-electron chi connectivity index (χ0n) is 13.3. The minimum absolute atomic E-state index is 0.0318. The molecule has 1 atom stereocenters. The maximum absolute atomic E-state index is 11.7. The molecule has 0 unspecified atom stereocenters. The van der Waals surface area contributed by atoms with Crippen molar-refractivity contribution in [2.24, 2.45) is 0 Å². The molecule has 0 fully saturated rings. The van der Waals surface area contributed by atoms with Crippen molar-refractivity contribution in [3.63, 3.8) is 0 Å². The van der Waals surface area contributed by atoms with Gasteiger partial charge in [-0.15, -0.1) is 0 Å². The molecule has 0 aliphatic rings. The van der Waals surface area contributed by atoms with Crippen LogP contribution >= 0.6 is 0 Å². The highest BCUT2D eigenvalue weighted by Gasteiger charge is 2.16. The SMILES string of the molecule is COc1cc([C@@H](C)Nc2cccc(C)c2)ccc1S(C)(=O)=O. The van der Waals surface area contributed by atoms with Gasteiger partial charge in [0.05, 0.1) is 7.11 Å². The third kappa shape index (κ3) is 3.80. The Morgan fingerprint density at radius 1 is 1.14 bits per heavy atom. The number of anilines is 1. The Balaban J connectivity index is 2.29. The Kier molecular flexibility index (Phi) is 4.76. The maximum atomic E-state index is 11.7. The van der Waals surface area contributed by atoms with Gasteiger partial charge in [0.1, 0.15) is 10.6 Å². The van der Waals surface area contributed by atoms with Crippen LogP contribution in [0.5, 0.6) is 5.75 Å². The van der Waals surface area contributed by atoms with Crippen LogP contribution in [0, 0.1) is 6.92 Å². The van der Waals surface area contributed by atoms with E-state index in [4.69, 9.17) is 4.74 Å². The van der Waals surface area contributed by atoms with Gasteiger partial charge in [0, 0.05) is 18.0 Å². The van der Waals surface area contributed by atoms with Gasteiger partial charge in [-0.3, -0.25) is 0 Å². The molecule has 0 bridgehead atoms. The van der Waals surface area contributed by atoms with Crippen LogP contribution in [0.2, 0.25) is 0 Å². The van der Waals surface area contributed by atoms with Gasteiger partial charge in [0.25, 0.3) is 0 Å². The monoisotopic (exact) mass is 319 g/mol. The van der Waals surface area contributed by atoms with Crippen molar-refractivity contribution in [1.82, 2.24) is 0 Å². The fourth-order valence-corrected chi connectivity index (χ4v) is 3.15. The van der Waals surface area contributed by atoms with Crippen molar-refractivity contribution >= 4 is 15.5 Å². The summed E-state index contributed by atoms with van der Waals surface area (Å²) in [5.74, 6) is 0.373. The predicted molar refractivity (Wildman–Crippen MR) is 89.3 cm³/mol. The average molecular weight is 319 g/mol. The summed E-state index contributed by atoms with van der Waals surface area (Å²) >= 11 is 0. The first-order valence-electron chi connectivity index (χ1n) is 7.02. The second-order valence-electron chi connectivity index (χ2n) is 5.42. The number of hydrogen-bond donors (Lipinski definition) is 1. The molecule has 0 aliphatic heterocycles. The lowest BCUT2D eigenvalue weighted by Gasteiger charge is -2.18. The number of rotatable bonds is 5. The summed E-state index contributed by atoms with van der Waals surface area (Å²) in [5, 5.41) is 3.40. The summed E-state index contributed by atoms with van der Waals surface area (Å²) in [6.45, 7) is 4.07. The third-order valence-corrected chi connectivity index (χ3v) is 4.62.